The fraction of sp³-hybridized carbons (Fsp3) is 0.111. The monoisotopic (exact) mass is 181 g/mol. The highest BCUT2D eigenvalue weighted by molar-refractivity contribution is 6.33. The summed E-state index contributed by atoms with van der Waals surface area (Å²) in [5.41, 5.74) is 6.02. The summed E-state index contributed by atoms with van der Waals surface area (Å²) in [6, 6.07) is 5.03. The third kappa shape index (κ3) is 2.08. The molecule has 0 saturated carbocycles. The number of hydrogen-bond acceptors (Lipinski definition) is 2. The van der Waals surface area contributed by atoms with Crippen molar-refractivity contribution in [3.63, 3.8) is 0 Å². The van der Waals surface area contributed by atoms with Crippen LogP contribution in [0.2, 0.25) is 5.02 Å². The minimum absolute atomic E-state index is 0.236. The lowest BCUT2D eigenvalue weighted by Crippen LogP contribution is -1.94. The molecular weight excluding hydrogens is 174 g/mol. The van der Waals surface area contributed by atoms with Gasteiger partial charge in [0.05, 0.1) is 10.7 Å². The standard InChI is InChI=1S/C9H8ClNO/c1-2-5-12-7-3-4-9(11)8(10)6-7/h1,3-4,6H,5,11H2. The first-order valence-corrected chi connectivity index (χ1v) is 3.73. The molecule has 0 radical (unpaired) electrons. The zero-order valence-electron chi connectivity index (χ0n) is 6.38. The van der Waals surface area contributed by atoms with E-state index in [0.717, 1.165) is 0 Å². The molecule has 0 fully saturated rings. The second kappa shape index (κ2) is 3.89. The fourth-order valence-electron chi connectivity index (χ4n) is 0.723. The Balaban J connectivity index is 2.77. The van der Waals surface area contributed by atoms with Gasteiger partial charge in [-0.25, -0.2) is 0 Å². The van der Waals surface area contributed by atoms with E-state index in [2.05, 4.69) is 5.92 Å². The molecule has 0 bridgehead atoms. The summed E-state index contributed by atoms with van der Waals surface area (Å²) in [5.74, 6) is 2.99. The van der Waals surface area contributed by atoms with Crippen LogP contribution in [0.4, 0.5) is 5.69 Å². The number of anilines is 1. The Morgan fingerprint density at radius 3 is 2.92 bits per heavy atom. The summed E-state index contributed by atoms with van der Waals surface area (Å²) in [7, 11) is 0. The van der Waals surface area contributed by atoms with E-state index in [0.29, 0.717) is 16.5 Å². The molecule has 0 aromatic heterocycles. The molecular formula is C9H8ClNO. The molecule has 3 heteroatoms. The minimum Gasteiger partial charge on any atom is -0.481 e. The first kappa shape index (κ1) is 8.76. The van der Waals surface area contributed by atoms with Crippen molar-refractivity contribution in [2.24, 2.45) is 0 Å². The van der Waals surface area contributed by atoms with Crippen molar-refractivity contribution in [1.82, 2.24) is 0 Å². The number of halogens is 1. The summed E-state index contributed by atoms with van der Waals surface area (Å²) >= 11 is 5.74. The van der Waals surface area contributed by atoms with Gasteiger partial charge in [0, 0.05) is 6.07 Å². The Morgan fingerprint density at radius 1 is 1.58 bits per heavy atom. The molecule has 2 N–H and O–H groups in total. The summed E-state index contributed by atoms with van der Waals surface area (Å²) in [6.45, 7) is 0.236. The Labute approximate surface area is 76.3 Å². The topological polar surface area (TPSA) is 35.2 Å². The molecule has 1 aromatic carbocycles. The van der Waals surface area contributed by atoms with Crippen molar-refractivity contribution in [2.45, 2.75) is 0 Å². The van der Waals surface area contributed by atoms with Gasteiger partial charge in [-0.3, -0.25) is 0 Å². The number of hydrogen-bond donors (Lipinski definition) is 1. The molecule has 0 amide bonds. The molecule has 0 aliphatic rings. The summed E-state index contributed by atoms with van der Waals surface area (Å²) < 4.78 is 5.11. The largest absolute Gasteiger partial charge is 0.481 e. The quantitative estimate of drug-likeness (QED) is 0.559. The second-order valence-electron chi connectivity index (χ2n) is 2.18. The van der Waals surface area contributed by atoms with Gasteiger partial charge in [-0.15, -0.1) is 6.42 Å². The van der Waals surface area contributed by atoms with Crippen LogP contribution in [0.5, 0.6) is 5.75 Å². The average Bonchev–Trinajstić information content (AvgIpc) is 2.07. The minimum atomic E-state index is 0.236. The Kier molecular flexibility index (Phi) is 2.84. The van der Waals surface area contributed by atoms with Gasteiger partial charge in [-0.05, 0) is 12.1 Å². The number of benzene rings is 1. The normalized spacial score (nSPS) is 9.00. The van der Waals surface area contributed by atoms with Crippen molar-refractivity contribution >= 4 is 17.3 Å². The van der Waals surface area contributed by atoms with Crippen LogP contribution in [0.15, 0.2) is 18.2 Å². The zero-order valence-corrected chi connectivity index (χ0v) is 7.14. The molecule has 0 atom stereocenters. The van der Waals surface area contributed by atoms with Crippen LogP contribution in [-0.2, 0) is 0 Å². The smallest absolute Gasteiger partial charge is 0.148 e. The van der Waals surface area contributed by atoms with E-state index in [1.807, 2.05) is 0 Å². The van der Waals surface area contributed by atoms with Gasteiger partial charge in [0.1, 0.15) is 12.4 Å². The van der Waals surface area contributed by atoms with Gasteiger partial charge in [0.2, 0.25) is 0 Å². The molecule has 62 valence electrons. The van der Waals surface area contributed by atoms with Crippen LogP contribution >= 0.6 is 11.6 Å². The molecule has 0 saturated heterocycles. The van der Waals surface area contributed by atoms with E-state index >= 15 is 0 Å². The predicted molar refractivity (Wildman–Crippen MR) is 50.2 cm³/mol. The summed E-state index contributed by atoms with van der Waals surface area (Å²) in [6.07, 6.45) is 5.01. The van der Waals surface area contributed by atoms with E-state index in [1.165, 1.54) is 0 Å². The number of terminal acetylenes is 1. The lowest BCUT2D eigenvalue weighted by atomic mass is 10.3. The van der Waals surface area contributed by atoms with Gasteiger partial charge < -0.3 is 10.5 Å². The summed E-state index contributed by atoms with van der Waals surface area (Å²) in [4.78, 5) is 0. The summed E-state index contributed by atoms with van der Waals surface area (Å²) in [5, 5.41) is 0.476. The Morgan fingerprint density at radius 2 is 2.33 bits per heavy atom. The SMILES string of the molecule is C#CCOc1ccc(N)c(Cl)c1. The molecule has 0 heterocycles. The highest BCUT2D eigenvalue weighted by Gasteiger charge is 1.97. The van der Waals surface area contributed by atoms with Gasteiger partial charge in [-0.1, -0.05) is 17.5 Å². The maximum Gasteiger partial charge on any atom is 0.148 e. The zero-order chi connectivity index (χ0) is 8.97. The molecule has 1 aromatic rings. The van der Waals surface area contributed by atoms with Crippen LogP contribution in [0.3, 0.4) is 0 Å². The van der Waals surface area contributed by atoms with Crippen molar-refractivity contribution in [2.75, 3.05) is 12.3 Å². The molecule has 0 aliphatic carbocycles. The van der Waals surface area contributed by atoms with E-state index in [4.69, 9.17) is 28.5 Å². The third-order valence-electron chi connectivity index (χ3n) is 1.29. The van der Waals surface area contributed by atoms with Crippen LogP contribution in [0, 0.1) is 12.3 Å². The van der Waals surface area contributed by atoms with E-state index in [-0.39, 0.29) is 6.61 Å². The van der Waals surface area contributed by atoms with E-state index in [1.54, 1.807) is 18.2 Å². The lowest BCUT2D eigenvalue weighted by Gasteiger charge is -2.03. The highest BCUT2D eigenvalue weighted by atomic mass is 35.5. The lowest BCUT2D eigenvalue weighted by molar-refractivity contribution is 0.370. The van der Waals surface area contributed by atoms with Crippen molar-refractivity contribution in [1.29, 1.82) is 0 Å². The van der Waals surface area contributed by atoms with Crippen LogP contribution in [0.1, 0.15) is 0 Å². The van der Waals surface area contributed by atoms with Gasteiger partial charge in [0.25, 0.3) is 0 Å². The van der Waals surface area contributed by atoms with Crippen LogP contribution < -0.4 is 10.5 Å². The number of ether oxygens (including phenoxy) is 1. The second-order valence-corrected chi connectivity index (χ2v) is 2.58. The van der Waals surface area contributed by atoms with E-state index < -0.39 is 0 Å². The van der Waals surface area contributed by atoms with Gasteiger partial charge in [0.15, 0.2) is 0 Å². The number of rotatable bonds is 2. The maximum absolute atomic E-state index is 5.74. The molecule has 0 aliphatic heterocycles. The Bertz CT molecular complexity index is 317. The van der Waals surface area contributed by atoms with E-state index in [9.17, 15) is 0 Å². The van der Waals surface area contributed by atoms with Gasteiger partial charge in [-0.2, -0.15) is 0 Å². The molecule has 2 nitrogen and oxygen atoms in total. The average molecular weight is 182 g/mol. The maximum atomic E-state index is 5.74. The van der Waals surface area contributed by atoms with Gasteiger partial charge >= 0.3 is 0 Å². The van der Waals surface area contributed by atoms with Crippen molar-refractivity contribution < 1.29 is 4.74 Å². The van der Waals surface area contributed by atoms with Crippen molar-refractivity contribution in [3.8, 4) is 18.1 Å². The number of nitrogens with two attached hydrogens (primary N) is 1. The molecule has 1 rings (SSSR count). The van der Waals surface area contributed by atoms with Crippen LogP contribution in [0.25, 0.3) is 0 Å². The molecule has 0 unspecified atom stereocenters. The first-order chi connectivity index (χ1) is 5.74. The first-order valence-electron chi connectivity index (χ1n) is 3.35. The predicted octanol–water partition coefficient (Wildman–Crippen LogP) is 1.93. The Hall–Kier alpha value is -1.33. The molecule has 0 spiro atoms. The van der Waals surface area contributed by atoms with Crippen LogP contribution in [-0.4, -0.2) is 6.61 Å². The highest BCUT2D eigenvalue weighted by Crippen LogP contribution is 2.23. The fourth-order valence-corrected chi connectivity index (χ4v) is 0.893. The molecule has 12 heavy (non-hydrogen) atoms. The number of nitrogen functional groups attached to an aromatic ring is 1. The third-order valence-corrected chi connectivity index (χ3v) is 1.62. The van der Waals surface area contributed by atoms with Crippen molar-refractivity contribution in [3.05, 3.63) is 23.2 Å².